The molecule has 0 saturated carbocycles. The molecule has 0 aliphatic rings. The van der Waals surface area contributed by atoms with Gasteiger partial charge in [-0.2, -0.15) is 0 Å². The van der Waals surface area contributed by atoms with Crippen molar-refractivity contribution in [2.24, 2.45) is 5.73 Å². The van der Waals surface area contributed by atoms with Crippen molar-refractivity contribution in [1.29, 1.82) is 0 Å². The van der Waals surface area contributed by atoms with Crippen LogP contribution < -0.4 is 20.5 Å². The Morgan fingerprint density at radius 3 is 2.77 bits per heavy atom. The molecule has 7 heteroatoms. The normalized spacial score (nSPS) is 11.8. The summed E-state index contributed by atoms with van der Waals surface area (Å²) in [7, 11) is 3.14. The fraction of sp³-hybridized carbons (Fsp3) is 0.333. The zero-order chi connectivity index (χ0) is 16.1. The number of ether oxygens (including phenoxy) is 2. The predicted octanol–water partition coefficient (Wildman–Crippen LogP) is 2.11. The first-order valence-corrected chi connectivity index (χ1v) is 7.63. The van der Waals surface area contributed by atoms with Crippen LogP contribution in [0.4, 0.5) is 0 Å². The van der Waals surface area contributed by atoms with Crippen LogP contribution in [0.2, 0.25) is 0 Å². The number of methoxy groups -OCH3 is 2. The number of benzene rings is 1. The molecule has 0 radical (unpaired) electrons. The number of nitrogens with zero attached hydrogens (tertiary/aromatic N) is 1. The lowest BCUT2D eigenvalue weighted by Crippen LogP contribution is -2.23. The molecule has 1 aromatic carbocycles. The lowest BCUT2D eigenvalue weighted by Gasteiger charge is -2.12. The fourth-order valence-corrected chi connectivity index (χ4v) is 2.72. The second-order valence-corrected chi connectivity index (χ2v) is 5.58. The number of thiazole rings is 1. The van der Waals surface area contributed by atoms with E-state index in [1.54, 1.807) is 25.7 Å². The van der Waals surface area contributed by atoms with E-state index in [9.17, 15) is 4.79 Å². The molecule has 22 heavy (non-hydrogen) atoms. The maximum absolute atomic E-state index is 12.1. The molecule has 1 heterocycles. The van der Waals surface area contributed by atoms with Crippen molar-refractivity contribution >= 4 is 17.2 Å². The van der Waals surface area contributed by atoms with Crippen LogP contribution in [-0.2, 0) is 6.54 Å². The van der Waals surface area contributed by atoms with Crippen molar-refractivity contribution in [2.75, 3.05) is 14.2 Å². The van der Waals surface area contributed by atoms with Crippen LogP contribution in [0.25, 0.3) is 0 Å². The topological polar surface area (TPSA) is 86.5 Å². The van der Waals surface area contributed by atoms with Crippen LogP contribution in [0.15, 0.2) is 23.6 Å². The highest BCUT2D eigenvalue weighted by Crippen LogP contribution is 2.30. The quantitative estimate of drug-likeness (QED) is 0.851. The summed E-state index contributed by atoms with van der Waals surface area (Å²) >= 11 is 1.38. The first kappa shape index (κ1) is 16.3. The molecule has 0 aliphatic heterocycles. The van der Waals surface area contributed by atoms with Crippen molar-refractivity contribution in [3.63, 3.8) is 0 Å². The smallest absolute Gasteiger partial charge is 0.271 e. The Kier molecular flexibility index (Phi) is 5.35. The second-order valence-electron chi connectivity index (χ2n) is 4.69. The molecule has 1 atom stereocenters. The van der Waals surface area contributed by atoms with Gasteiger partial charge in [0.1, 0.15) is 10.7 Å². The van der Waals surface area contributed by atoms with Crippen LogP contribution in [-0.4, -0.2) is 25.1 Å². The minimum Gasteiger partial charge on any atom is -0.493 e. The SMILES string of the molecule is COc1cccc(CNC(=O)c2csc(C(C)N)n2)c1OC. The minimum absolute atomic E-state index is 0.176. The van der Waals surface area contributed by atoms with Gasteiger partial charge in [0.05, 0.1) is 20.3 Å². The number of amides is 1. The molecule has 0 aliphatic carbocycles. The molecule has 2 aromatic rings. The standard InChI is InChI=1S/C15H19N3O3S/c1-9(16)15-18-11(8-22-15)14(19)17-7-10-5-4-6-12(20-2)13(10)21-3/h4-6,8-9H,7,16H2,1-3H3,(H,17,19). The van der Waals surface area contributed by atoms with Crippen molar-refractivity contribution in [1.82, 2.24) is 10.3 Å². The molecule has 3 N–H and O–H groups in total. The van der Waals surface area contributed by atoms with Crippen molar-refractivity contribution in [2.45, 2.75) is 19.5 Å². The van der Waals surface area contributed by atoms with Crippen LogP contribution >= 0.6 is 11.3 Å². The predicted molar refractivity (Wildman–Crippen MR) is 85.4 cm³/mol. The highest BCUT2D eigenvalue weighted by molar-refractivity contribution is 7.09. The largest absolute Gasteiger partial charge is 0.493 e. The van der Waals surface area contributed by atoms with Gasteiger partial charge in [0.15, 0.2) is 11.5 Å². The number of carbonyl (C=O) groups is 1. The number of aromatic nitrogens is 1. The average Bonchev–Trinajstić information content (AvgIpc) is 3.02. The van der Waals surface area contributed by atoms with Gasteiger partial charge < -0.3 is 20.5 Å². The molecule has 6 nitrogen and oxygen atoms in total. The van der Waals surface area contributed by atoms with Gasteiger partial charge in [-0.3, -0.25) is 4.79 Å². The van der Waals surface area contributed by atoms with E-state index in [2.05, 4.69) is 10.3 Å². The summed E-state index contributed by atoms with van der Waals surface area (Å²) in [6.07, 6.45) is 0. The third-order valence-electron chi connectivity index (χ3n) is 3.07. The van der Waals surface area contributed by atoms with Crippen LogP contribution in [0.3, 0.4) is 0 Å². The summed E-state index contributed by atoms with van der Waals surface area (Å²) < 4.78 is 10.6. The maximum atomic E-state index is 12.1. The minimum atomic E-state index is -0.243. The van der Waals surface area contributed by atoms with E-state index in [1.165, 1.54) is 11.3 Å². The Hall–Kier alpha value is -2.12. The monoisotopic (exact) mass is 321 g/mol. The summed E-state index contributed by atoms with van der Waals surface area (Å²) in [5.41, 5.74) is 6.95. The number of rotatable bonds is 6. The lowest BCUT2D eigenvalue weighted by molar-refractivity contribution is 0.0946. The first-order valence-electron chi connectivity index (χ1n) is 6.76. The van der Waals surface area contributed by atoms with Gasteiger partial charge in [-0.25, -0.2) is 4.98 Å². The molecule has 1 aromatic heterocycles. The molecule has 0 saturated heterocycles. The van der Waals surface area contributed by atoms with Crippen molar-refractivity contribution in [3.05, 3.63) is 39.8 Å². The van der Waals surface area contributed by atoms with Gasteiger partial charge in [-0.1, -0.05) is 12.1 Å². The van der Waals surface area contributed by atoms with E-state index in [0.717, 1.165) is 10.6 Å². The second kappa shape index (κ2) is 7.24. The summed E-state index contributed by atoms with van der Waals surface area (Å²) in [6.45, 7) is 2.16. The molecule has 2 rings (SSSR count). The summed E-state index contributed by atoms with van der Waals surface area (Å²) in [4.78, 5) is 16.4. The van der Waals surface area contributed by atoms with Gasteiger partial charge in [-0.05, 0) is 13.0 Å². The van der Waals surface area contributed by atoms with E-state index in [4.69, 9.17) is 15.2 Å². The summed E-state index contributed by atoms with van der Waals surface area (Å²) in [6, 6.07) is 5.35. The average molecular weight is 321 g/mol. The third kappa shape index (κ3) is 3.55. The molecule has 0 fully saturated rings. The molecular formula is C15H19N3O3S. The van der Waals surface area contributed by atoms with Gasteiger partial charge >= 0.3 is 0 Å². The van der Waals surface area contributed by atoms with Crippen LogP contribution in [0.1, 0.15) is 34.0 Å². The third-order valence-corrected chi connectivity index (χ3v) is 4.11. The number of nitrogens with one attached hydrogen (secondary N) is 1. The Morgan fingerprint density at radius 1 is 1.41 bits per heavy atom. The summed E-state index contributed by atoms with van der Waals surface area (Å²) in [5, 5.41) is 5.27. The number of nitrogens with two attached hydrogens (primary N) is 1. The van der Waals surface area contributed by atoms with E-state index in [-0.39, 0.29) is 11.9 Å². The molecule has 0 bridgehead atoms. The lowest BCUT2D eigenvalue weighted by atomic mass is 10.2. The fourth-order valence-electron chi connectivity index (χ4n) is 1.96. The van der Waals surface area contributed by atoms with Gasteiger partial charge in [0, 0.05) is 17.5 Å². The number of carbonyl (C=O) groups excluding carboxylic acids is 1. The Bertz CT molecular complexity index is 655. The number of para-hydroxylation sites is 1. The number of hydrogen-bond acceptors (Lipinski definition) is 6. The molecule has 1 amide bonds. The highest BCUT2D eigenvalue weighted by atomic mass is 32.1. The first-order chi connectivity index (χ1) is 10.6. The van der Waals surface area contributed by atoms with Gasteiger partial charge in [-0.15, -0.1) is 11.3 Å². The van der Waals surface area contributed by atoms with E-state index in [1.807, 2.05) is 19.1 Å². The van der Waals surface area contributed by atoms with Gasteiger partial charge in [0.25, 0.3) is 5.91 Å². The Balaban J connectivity index is 2.07. The summed E-state index contributed by atoms with van der Waals surface area (Å²) in [5.74, 6) is 0.995. The highest BCUT2D eigenvalue weighted by Gasteiger charge is 2.14. The van der Waals surface area contributed by atoms with Crippen molar-refractivity contribution < 1.29 is 14.3 Å². The molecule has 118 valence electrons. The van der Waals surface area contributed by atoms with E-state index >= 15 is 0 Å². The zero-order valence-electron chi connectivity index (χ0n) is 12.8. The van der Waals surface area contributed by atoms with E-state index < -0.39 is 0 Å². The molecule has 0 spiro atoms. The zero-order valence-corrected chi connectivity index (χ0v) is 13.6. The van der Waals surface area contributed by atoms with Crippen LogP contribution in [0, 0.1) is 0 Å². The number of hydrogen-bond donors (Lipinski definition) is 2. The van der Waals surface area contributed by atoms with Crippen molar-refractivity contribution in [3.8, 4) is 11.5 Å². The van der Waals surface area contributed by atoms with Gasteiger partial charge in [0.2, 0.25) is 0 Å². The molecular weight excluding hydrogens is 302 g/mol. The molecule has 1 unspecified atom stereocenters. The Morgan fingerprint density at radius 2 is 2.18 bits per heavy atom. The maximum Gasteiger partial charge on any atom is 0.271 e. The Labute approximate surface area is 133 Å². The van der Waals surface area contributed by atoms with Crippen LogP contribution in [0.5, 0.6) is 11.5 Å². The van der Waals surface area contributed by atoms with E-state index in [0.29, 0.717) is 23.7 Å².